The van der Waals surface area contributed by atoms with Crippen LogP contribution in [0.4, 0.5) is 0 Å². The maximum absolute atomic E-state index is 4.93. The first-order chi connectivity index (χ1) is 14.8. The molecule has 4 aromatic carbocycles. The monoisotopic (exact) mass is 505 g/mol. The van der Waals surface area contributed by atoms with Crippen molar-refractivity contribution < 1.29 is 20.8 Å². The molecule has 0 fully saturated rings. The van der Waals surface area contributed by atoms with Gasteiger partial charge >= 0.3 is 37.9 Å². The summed E-state index contributed by atoms with van der Waals surface area (Å²) >= 11 is -0.826. The Morgan fingerprint density at radius 3 is 2.27 bits per heavy atom. The summed E-state index contributed by atoms with van der Waals surface area (Å²) in [6, 6.07) is 33.7. The summed E-state index contributed by atoms with van der Waals surface area (Å²) in [6.45, 7) is 2.26. The van der Waals surface area contributed by atoms with Crippen molar-refractivity contribution in [2.45, 2.75) is 19.3 Å². The molecule has 0 heterocycles. The van der Waals surface area contributed by atoms with E-state index in [-0.39, 0.29) is 0 Å². The Labute approximate surface area is 197 Å². The average Bonchev–Trinajstić information content (AvgIpc) is 3.19. The molecule has 1 unspecified atom stereocenters. The standard InChI is InChI=1S/C27H21.2ClH.Zr/c1-2-19-18-26-24(23-15-8-13-20-10-6-7-14-22(20)23)16-9-17-25(26)27(19)21-11-4-3-5-12-21;;;/h4-18,27H,2H2,1H3;2*1H;/q;;;+2/p-2. The van der Waals surface area contributed by atoms with Gasteiger partial charge in [-0.1, -0.05) is 104 Å². The average molecular weight is 508 g/mol. The fraction of sp³-hybridized carbons (Fsp3) is 0.111. The van der Waals surface area contributed by atoms with Crippen molar-refractivity contribution in [3.63, 3.8) is 0 Å². The molecule has 5 rings (SSSR count). The van der Waals surface area contributed by atoms with E-state index in [2.05, 4.69) is 91.9 Å². The Bertz CT molecular complexity index is 1180. The van der Waals surface area contributed by atoms with E-state index in [0.29, 0.717) is 5.92 Å². The zero-order chi connectivity index (χ0) is 20.9. The molecule has 3 heteroatoms. The summed E-state index contributed by atoms with van der Waals surface area (Å²) in [5.41, 5.74) is 8.30. The van der Waals surface area contributed by atoms with Gasteiger partial charge in [0, 0.05) is 5.92 Å². The molecule has 1 aliphatic carbocycles. The molecule has 0 amide bonds. The predicted molar refractivity (Wildman–Crippen MR) is 126 cm³/mol. The van der Waals surface area contributed by atoms with Gasteiger partial charge in [0.1, 0.15) is 0 Å². The van der Waals surface area contributed by atoms with Crippen molar-refractivity contribution in [1.29, 1.82) is 0 Å². The van der Waals surface area contributed by atoms with Crippen molar-refractivity contribution >= 4 is 33.9 Å². The molecule has 0 aromatic heterocycles. The molecule has 147 valence electrons. The van der Waals surface area contributed by atoms with Crippen LogP contribution in [0.25, 0.3) is 28.0 Å². The van der Waals surface area contributed by atoms with Crippen LogP contribution < -0.4 is 0 Å². The molecule has 0 bridgehead atoms. The number of allylic oxidation sites excluding steroid dienone is 1. The quantitative estimate of drug-likeness (QED) is 0.260. The Balaban J connectivity index is 0.000000687. The van der Waals surface area contributed by atoms with Crippen LogP contribution >= 0.6 is 17.0 Å². The van der Waals surface area contributed by atoms with Crippen LogP contribution in [-0.2, 0) is 20.8 Å². The van der Waals surface area contributed by atoms with Gasteiger partial charge in [-0.2, -0.15) is 0 Å². The zero-order valence-corrected chi connectivity index (χ0v) is 20.7. The molecule has 1 atom stereocenters. The van der Waals surface area contributed by atoms with Gasteiger partial charge in [0.15, 0.2) is 0 Å². The van der Waals surface area contributed by atoms with E-state index in [9.17, 15) is 0 Å². The van der Waals surface area contributed by atoms with Gasteiger partial charge in [-0.3, -0.25) is 0 Å². The summed E-state index contributed by atoms with van der Waals surface area (Å²) in [6.07, 6.45) is 3.49. The van der Waals surface area contributed by atoms with E-state index in [1.54, 1.807) is 0 Å². The summed E-state index contributed by atoms with van der Waals surface area (Å²) in [5, 5.41) is 2.61. The number of hydrogen-bond donors (Lipinski definition) is 0. The van der Waals surface area contributed by atoms with Gasteiger partial charge in [0.25, 0.3) is 0 Å². The summed E-state index contributed by atoms with van der Waals surface area (Å²) in [4.78, 5) is 0. The Kier molecular flexibility index (Phi) is 7.26. The molecule has 0 nitrogen and oxygen atoms in total. The van der Waals surface area contributed by atoms with Crippen LogP contribution in [0.5, 0.6) is 0 Å². The van der Waals surface area contributed by atoms with Crippen molar-refractivity contribution in [2.75, 3.05) is 0 Å². The molecule has 1 aliphatic rings. The Morgan fingerprint density at radius 1 is 0.833 bits per heavy atom. The van der Waals surface area contributed by atoms with E-state index < -0.39 is 20.8 Å². The first-order valence-electron chi connectivity index (χ1n) is 10.0. The zero-order valence-electron chi connectivity index (χ0n) is 16.7. The number of rotatable bonds is 3. The minimum absolute atomic E-state index is 0.356. The third kappa shape index (κ3) is 4.22. The topological polar surface area (TPSA) is 0 Å². The van der Waals surface area contributed by atoms with Gasteiger partial charge < -0.3 is 0 Å². The SMILES string of the molecule is CCC1=Cc2c(-c3cccc4ccccc34)cccc2C1c1cc[c]cc1.[Cl][Zr][Cl]. The van der Waals surface area contributed by atoms with Crippen LogP contribution in [0.3, 0.4) is 0 Å². The van der Waals surface area contributed by atoms with Gasteiger partial charge in [-0.15, -0.1) is 0 Å². The van der Waals surface area contributed by atoms with Gasteiger partial charge in [-0.25, -0.2) is 0 Å². The van der Waals surface area contributed by atoms with Gasteiger partial charge in [0.2, 0.25) is 0 Å². The third-order valence-electron chi connectivity index (χ3n) is 5.72. The second kappa shape index (κ2) is 10.1. The first kappa shape index (κ1) is 21.6. The summed E-state index contributed by atoms with van der Waals surface area (Å²) in [7, 11) is 9.87. The molecule has 0 saturated carbocycles. The molecule has 0 saturated heterocycles. The van der Waals surface area contributed by atoms with E-state index in [1.165, 1.54) is 44.2 Å². The molecule has 0 aliphatic heterocycles. The van der Waals surface area contributed by atoms with Crippen molar-refractivity contribution in [2.24, 2.45) is 0 Å². The van der Waals surface area contributed by atoms with E-state index >= 15 is 0 Å². The molecule has 1 radical (unpaired) electrons. The third-order valence-corrected chi connectivity index (χ3v) is 5.72. The van der Waals surface area contributed by atoms with E-state index in [4.69, 9.17) is 17.0 Å². The van der Waals surface area contributed by atoms with Crippen molar-refractivity contribution in [3.8, 4) is 11.1 Å². The van der Waals surface area contributed by atoms with Crippen molar-refractivity contribution in [3.05, 3.63) is 113 Å². The normalized spacial score (nSPS) is 14.5. The second-order valence-corrected chi connectivity index (χ2v) is 11.0. The Morgan fingerprint density at radius 2 is 1.50 bits per heavy atom. The summed E-state index contributed by atoms with van der Waals surface area (Å²) in [5.74, 6) is 0.356. The van der Waals surface area contributed by atoms with Crippen LogP contribution in [0.1, 0.15) is 36.0 Å². The van der Waals surface area contributed by atoms with Crippen LogP contribution in [0.2, 0.25) is 0 Å². The van der Waals surface area contributed by atoms with Gasteiger partial charge in [0.05, 0.1) is 0 Å². The molecule has 0 N–H and O–H groups in total. The van der Waals surface area contributed by atoms with Crippen LogP contribution in [0.15, 0.2) is 90.5 Å². The Hall–Kier alpha value is -1.66. The fourth-order valence-corrected chi connectivity index (χ4v) is 4.45. The van der Waals surface area contributed by atoms with Crippen molar-refractivity contribution in [1.82, 2.24) is 0 Å². The van der Waals surface area contributed by atoms with Crippen LogP contribution in [-0.4, -0.2) is 0 Å². The van der Waals surface area contributed by atoms with Gasteiger partial charge in [-0.05, 0) is 51.1 Å². The molecule has 30 heavy (non-hydrogen) atoms. The van der Waals surface area contributed by atoms with Crippen LogP contribution in [0, 0.1) is 6.07 Å². The first-order valence-corrected chi connectivity index (χ1v) is 16.3. The second-order valence-electron chi connectivity index (χ2n) is 7.25. The summed E-state index contributed by atoms with van der Waals surface area (Å²) < 4.78 is 0. The molecular weight excluding hydrogens is 486 g/mol. The number of hydrogen-bond acceptors (Lipinski definition) is 0. The molecular formula is C27H21Cl2Zr. The molecule has 0 spiro atoms. The van der Waals surface area contributed by atoms with E-state index in [1.807, 2.05) is 12.1 Å². The predicted octanol–water partition coefficient (Wildman–Crippen LogP) is 8.62. The fourth-order valence-electron chi connectivity index (χ4n) is 4.45. The minimum atomic E-state index is -0.826. The number of fused-ring (bicyclic) bond motifs is 2. The number of benzene rings is 4. The maximum atomic E-state index is 4.93. The number of halogens is 2. The van der Waals surface area contributed by atoms with E-state index in [0.717, 1.165) is 6.42 Å². The molecule has 4 aromatic rings.